The fourth-order valence-electron chi connectivity index (χ4n) is 3.14. The molecule has 0 aliphatic carbocycles. The highest BCUT2D eigenvalue weighted by Crippen LogP contribution is 2.18. The number of benzene rings is 1. The van der Waals surface area contributed by atoms with Crippen LogP contribution in [0.15, 0.2) is 35.3 Å². The van der Waals surface area contributed by atoms with E-state index in [0.29, 0.717) is 17.9 Å². The molecule has 1 aliphatic heterocycles. The number of hydrogen-bond acceptors (Lipinski definition) is 3. The van der Waals surface area contributed by atoms with Gasteiger partial charge in [0, 0.05) is 45.2 Å². The monoisotopic (exact) mass is 346 g/mol. The van der Waals surface area contributed by atoms with Gasteiger partial charge < -0.3 is 15.4 Å². The molecule has 1 aromatic carbocycles. The molecule has 0 aromatic heterocycles. The van der Waals surface area contributed by atoms with Crippen LogP contribution in [0.3, 0.4) is 0 Å². The molecular weight excluding hydrogens is 312 g/mol. The standard InChI is InChI=1S/C20H34N4O/c1-16(15-24-10-12-25-13-11-24)14-22-20(21-4)23-18(3)17(2)19-8-6-5-7-9-19/h5-9,16-18H,10-15H2,1-4H3,(H2,21,22,23). The zero-order chi connectivity index (χ0) is 18.1. The highest BCUT2D eigenvalue weighted by atomic mass is 16.5. The second kappa shape index (κ2) is 10.4. The fraction of sp³-hybridized carbons (Fsp3) is 0.650. The number of guanidine groups is 1. The lowest BCUT2D eigenvalue weighted by molar-refractivity contribution is 0.0320. The summed E-state index contributed by atoms with van der Waals surface area (Å²) in [6.45, 7) is 12.6. The minimum absolute atomic E-state index is 0.308. The Balaban J connectivity index is 1.75. The number of morpholine rings is 1. The second-order valence-electron chi connectivity index (χ2n) is 7.10. The van der Waals surface area contributed by atoms with E-state index >= 15 is 0 Å². The van der Waals surface area contributed by atoms with Crippen molar-refractivity contribution in [1.29, 1.82) is 0 Å². The van der Waals surface area contributed by atoms with Crippen LogP contribution in [0.4, 0.5) is 0 Å². The zero-order valence-corrected chi connectivity index (χ0v) is 16.2. The third-order valence-corrected chi connectivity index (χ3v) is 4.95. The first-order valence-corrected chi connectivity index (χ1v) is 9.42. The topological polar surface area (TPSA) is 48.9 Å². The third-order valence-electron chi connectivity index (χ3n) is 4.95. The van der Waals surface area contributed by atoms with Crippen LogP contribution in [0.25, 0.3) is 0 Å². The Morgan fingerprint density at radius 2 is 1.84 bits per heavy atom. The summed E-state index contributed by atoms with van der Waals surface area (Å²) in [5, 5.41) is 7.01. The van der Waals surface area contributed by atoms with Gasteiger partial charge in [-0.2, -0.15) is 0 Å². The molecule has 3 atom stereocenters. The van der Waals surface area contributed by atoms with Gasteiger partial charge in [0.05, 0.1) is 13.2 Å². The molecule has 0 bridgehead atoms. The summed E-state index contributed by atoms with van der Waals surface area (Å²) in [4.78, 5) is 6.86. The van der Waals surface area contributed by atoms with E-state index < -0.39 is 0 Å². The normalized spacial score (nSPS) is 19.9. The summed E-state index contributed by atoms with van der Waals surface area (Å²) in [6.07, 6.45) is 0. The molecular formula is C20H34N4O. The van der Waals surface area contributed by atoms with Crippen LogP contribution in [0, 0.1) is 5.92 Å². The van der Waals surface area contributed by atoms with Crippen molar-refractivity contribution in [1.82, 2.24) is 15.5 Å². The Morgan fingerprint density at radius 1 is 1.16 bits per heavy atom. The van der Waals surface area contributed by atoms with Crippen molar-refractivity contribution >= 4 is 5.96 Å². The molecule has 0 radical (unpaired) electrons. The molecule has 25 heavy (non-hydrogen) atoms. The average molecular weight is 347 g/mol. The van der Waals surface area contributed by atoms with Crippen molar-refractivity contribution in [2.45, 2.75) is 32.7 Å². The van der Waals surface area contributed by atoms with E-state index in [-0.39, 0.29) is 0 Å². The lowest BCUT2D eigenvalue weighted by atomic mass is 9.94. The van der Waals surface area contributed by atoms with Gasteiger partial charge in [-0.15, -0.1) is 0 Å². The Labute approximate surface area is 152 Å². The molecule has 2 rings (SSSR count). The van der Waals surface area contributed by atoms with Crippen molar-refractivity contribution in [2.75, 3.05) is 46.4 Å². The number of nitrogens with zero attached hydrogens (tertiary/aromatic N) is 2. The minimum Gasteiger partial charge on any atom is -0.379 e. The largest absolute Gasteiger partial charge is 0.379 e. The highest BCUT2D eigenvalue weighted by Gasteiger charge is 2.17. The zero-order valence-electron chi connectivity index (χ0n) is 16.2. The van der Waals surface area contributed by atoms with Gasteiger partial charge in [0.1, 0.15) is 0 Å². The maximum atomic E-state index is 5.41. The van der Waals surface area contributed by atoms with Crippen LogP contribution >= 0.6 is 0 Å². The first-order chi connectivity index (χ1) is 12.1. The highest BCUT2D eigenvalue weighted by molar-refractivity contribution is 5.80. The van der Waals surface area contributed by atoms with E-state index in [2.05, 4.69) is 71.6 Å². The summed E-state index contributed by atoms with van der Waals surface area (Å²) in [6, 6.07) is 10.9. The summed E-state index contributed by atoms with van der Waals surface area (Å²) in [7, 11) is 1.84. The predicted octanol–water partition coefficient (Wildman–Crippen LogP) is 2.31. The van der Waals surface area contributed by atoms with Gasteiger partial charge in [0.2, 0.25) is 0 Å². The van der Waals surface area contributed by atoms with Gasteiger partial charge in [0.15, 0.2) is 5.96 Å². The van der Waals surface area contributed by atoms with E-state index in [1.165, 1.54) is 5.56 Å². The summed E-state index contributed by atoms with van der Waals surface area (Å²) in [5.74, 6) is 1.87. The van der Waals surface area contributed by atoms with E-state index in [9.17, 15) is 0 Å². The second-order valence-corrected chi connectivity index (χ2v) is 7.10. The molecule has 0 amide bonds. The Bertz CT molecular complexity index is 514. The van der Waals surface area contributed by atoms with Gasteiger partial charge in [-0.05, 0) is 18.4 Å². The van der Waals surface area contributed by atoms with Crippen molar-refractivity contribution in [2.24, 2.45) is 10.9 Å². The molecule has 1 saturated heterocycles. The summed E-state index contributed by atoms with van der Waals surface area (Å²) in [5.41, 5.74) is 1.35. The average Bonchev–Trinajstić information content (AvgIpc) is 2.65. The van der Waals surface area contributed by atoms with Crippen molar-refractivity contribution in [3.63, 3.8) is 0 Å². The summed E-state index contributed by atoms with van der Waals surface area (Å²) >= 11 is 0. The van der Waals surface area contributed by atoms with Crippen LogP contribution < -0.4 is 10.6 Å². The number of rotatable bonds is 7. The van der Waals surface area contributed by atoms with Gasteiger partial charge in [-0.1, -0.05) is 44.2 Å². The number of nitrogens with one attached hydrogen (secondary N) is 2. The molecule has 1 fully saturated rings. The van der Waals surface area contributed by atoms with Gasteiger partial charge in [-0.3, -0.25) is 9.89 Å². The van der Waals surface area contributed by atoms with Crippen LogP contribution in [-0.4, -0.2) is 63.3 Å². The minimum atomic E-state index is 0.308. The van der Waals surface area contributed by atoms with Crippen molar-refractivity contribution in [3.8, 4) is 0 Å². The summed E-state index contributed by atoms with van der Waals surface area (Å²) < 4.78 is 5.41. The molecule has 1 heterocycles. The lowest BCUT2D eigenvalue weighted by Gasteiger charge is -2.29. The molecule has 1 aromatic rings. The maximum Gasteiger partial charge on any atom is 0.191 e. The van der Waals surface area contributed by atoms with E-state index in [4.69, 9.17) is 4.74 Å². The van der Waals surface area contributed by atoms with Crippen LogP contribution in [0.5, 0.6) is 0 Å². The molecule has 0 saturated carbocycles. The predicted molar refractivity (Wildman–Crippen MR) is 105 cm³/mol. The van der Waals surface area contributed by atoms with Gasteiger partial charge in [0.25, 0.3) is 0 Å². The maximum absolute atomic E-state index is 5.41. The fourth-order valence-corrected chi connectivity index (χ4v) is 3.14. The molecule has 5 nitrogen and oxygen atoms in total. The van der Waals surface area contributed by atoms with E-state index in [1.807, 2.05) is 7.05 Å². The van der Waals surface area contributed by atoms with Crippen molar-refractivity contribution < 1.29 is 4.74 Å². The van der Waals surface area contributed by atoms with Crippen LogP contribution in [-0.2, 0) is 4.74 Å². The first-order valence-electron chi connectivity index (χ1n) is 9.42. The third kappa shape index (κ3) is 6.67. The molecule has 1 aliphatic rings. The van der Waals surface area contributed by atoms with E-state index in [1.54, 1.807) is 0 Å². The molecule has 5 heteroatoms. The smallest absolute Gasteiger partial charge is 0.191 e. The van der Waals surface area contributed by atoms with Gasteiger partial charge in [-0.25, -0.2) is 0 Å². The quantitative estimate of drug-likeness (QED) is 0.588. The van der Waals surface area contributed by atoms with Crippen LogP contribution in [0.2, 0.25) is 0 Å². The Kier molecular flexibility index (Phi) is 8.22. The van der Waals surface area contributed by atoms with Crippen molar-refractivity contribution in [3.05, 3.63) is 35.9 Å². The number of ether oxygens (including phenoxy) is 1. The Morgan fingerprint density at radius 3 is 2.48 bits per heavy atom. The SMILES string of the molecule is CN=C(NCC(C)CN1CCOCC1)NC(C)C(C)c1ccccc1. The molecule has 2 N–H and O–H groups in total. The molecule has 0 spiro atoms. The first kappa shape index (κ1) is 19.7. The van der Waals surface area contributed by atoms with Crippen LogP contribution in [0.1, 0.15) is 32.3 Å². The number of aliphatic imine (C=N–C) groups is 1. The Hall–Kier alpha value is -1.59. The van der Waals surface area contributed by atoms with Gasteiger partial charge >= 0.3 is 0 Å². The molecule has 3 unspecified atom stereocenters. The lowest BCUT2D eigenvalue weighted by Crippen LogP contribution is -2.47. The molecule has 140 valence electrons. The van der Waals surface area contributed by atoms with E-state index in [0.717, 1.165) is 45.4 Å². The number of hydrogen-bond donors (Lipinski definition) is 2.